The lowest BCUT2D eigenvalue weighted by atomic mass is 9.70. The zero-order valence-corrected chi connectivity index (χ0v) is 67.1. The molecule has 12 heteroatoms. The third kappa shape index (κ3) is 23.2. The summed E-state index contributed by atoms with van der Waals surface area (Å²) in [6.07, 6.45) is 42.7. The highest BCUT2D eigenvalue weighted by Crippen LogP contribution is 2.47. The number of hydrogen-bond acceptors (Lipinski definition) is 12. The first-order valence-electron chi connectivity index (χ1n) is 40.3. The molecule has 0 atom stereocenters. The highest BCUT2D eigenvalue weighted by Gasteiger charge is 2.32. The Hall–Kier alpha value is -7.08. The van der Waals surface area contributed by atoms with Gasteiger partial charge in [0, 0.05) is 0 Å². The van der Waals surface area contributed by atoms with Crippen LogP contribution in [0, 0.1) is 10.8 Å². The number of ether oxygens (including phenoxy) is 12. The largest absolute Gasteiger partial charge is 0.496 e. The van der Waals surface area contributed by atoms with E-state index in [9.17, 15) is 0 Å². The molecule has 0 heterocycles. The summed E-state index contributed by atoms with van der Waals surface area (Å²) >= 11 is 0. The smallest absolute Gasteiger partial charge is 0.122 e. The minimum Gasteiger partial charge on any atom is -0.496 e. The van der Waals surface area contributed by atoms with Crippen LogP contribution in [0.25, 0.3) is 0 Å². The molecule has 0 aromatic heterocycles. The molecule has 0 aliphatic heterocycles. The fraction of sp³-hybridized carbons (Fsp3) is 0.609. The van der Waals surface area contributed by atoms with Crippen molar-refractivity contribution >= 4 is 0 Å². The number of hydrogen-bond donors (Lipinski definition) is 0. The first-order valence-corrected chi connectivity index (χ1v) is 40.3. The van der Waals surface area contributed by atoms with Crippen molar-refractivity contribution in [3.63, 3.8) is 0 Å². The molecular weight excluding hydrogens is 1300 g/mol. The van der Waals surface area contributed by atoms with Crippen LogP contribution in [-0.2, 0) is 77.0 Å². The normalized spacial score (nSPS) is 18.2. The van der Waals surface area contributed by atoms with Gasteiger partial charge in [0.25, 0.3) is 0 Å². The molecule has 12 nitrogen and oxygen atoms in total. The standard InChI is InChI=1S/C92H134O12/c1-15-17-19-27-47-91-49-29-21-35-67-55-85(99-9)73(61-79(67)93-3)41-44-76-64-82(96-6)70(58-88(76)102-12)38-24-32-52-92(48-28-20-18-16-2,53-33-25-39-71-59-89(103-13)77(65-83(71)97-7)45-42-74-62-80(94-4)68(36-22-30-50-91)56-86(74)100-10)54-34-26-40-72-60-90(104-14)78(66-84(72)98-8)46-43-75-63-81(95-5)69(37-23-31-51-91)57-87(75)101-11/h55-66H,15-54H2,1-14H3. The van der Waals surface area contributed by atoms with Crippen LogP contribution in [0.5, 0.6) is 69.0 Å². The average Bonchev–Trinajstić information content (AvgIpc) is 0.826. The van der Waals surface area contributed by atoms with Crippen LogP contribution in [0.3, 0.4) is 0 Å². The zero-order valence-electron chi connectivity index (χ0n) is 67.1. The summed E-state index contributed by atoms with van der Waals surface area (Å²) in [5, 5.41) is 0. The zero-order chi connectivity index (χ0) is 74.1. The molecular formula is C92H134O12. The predicted molar refractivity (Wildman–Crippen MR) is 427 cm³/mol. The molecule has 14 bridgehead atoms. The van der Waals surface area contributed by atoms with E-state index >= 15 is 0 Å². The third-order valence-electron chi connectivity index (χ3n) is 23.6. The van der Waals surface area contributed by atoms with Gasteiger partial charge in [-0.2, -0.15) is 0 Å². The quantitative estimate of drug-likeness (QED) is 0.0604. The van der Waals surface area contributed by atoms with E-state index in [0.717, 1.165) is 256 Å². The average molecular weight is 1430 g/mol. The van der Waals surface area contributed by atoms with Crippen molar-refractivity contribution in [2.75, 3.05) is 85.3 Å². The predicted octanol–water partition coefficient (Wildman–Crippen LogP) is 22.8. The minimum atomic E-state index is 0.186. The lowest BCUT2D eigenvalue weighted by molar-refractivity contribution is 0.173. The Bertz CT molecular complexity index is 2970. The Labute approximate surface area is 629 Å². The molecule has 0 radical (unpaired) electrons. The molecule has 0 saturated heterocycles. The van der Waals surface area contributed by atoms with Crippen LogP contribution >= 0.6 is 0 Å². The van der Waals surface area contributed by atoms with E-state index in [4.69, 9.17) is 56.8 Å². The molecule has 6 aromatic carbocycles. The van der Waals surface area contributed by atoms with Gasteiger partial charge in [-0.15, -0.1) is 0 Å². The topological polar surface area (TPSA) is 111 Å². The van der Waals surface area contributed by atoms with Crippen molar-refractivity contribution < 1.29 is 56.8 Å². The van der Waals surface area contributed by atoms with Gasteiger partial charge in [-0.1, -0.05) is 104 Å². The van der Waals surface area contributed by atoms with E-state index in [1.54, 1.807) is 0 Å². The Kier molecular flexibility index (Phi) is 34.6. The van der Waals surface area contributed by atoms with Crippen LogP contribution < -0.4 is 56.8 Å². The van der Waals surface area contributed by atoms with E-state index < -0.39 is 0 Å². The van der Waals surface area contributed by atoms with Gasteiger partial charge in [-0.3, -0.25) is 0 Å². The van der Waals surface area contributed by atoms with Gasteiger partial charge in [0.15, 0.2) is 0 Å². The monoisotopic (exact) mass is 1430 g/mol. The molecule has 104 heavy (non-hydrogen) atoms. The van der Waals surface area contributed by atoms with E-state index in [2.05, 4.69) is 86.6 Å². The lowest BCUT2D eigenvalue weighted by Crippen LogP contribution is -2.22. The van der Waals surface area contributed by atoms with Crippen LogP contribution in [0.4, 0.5) is 0 Å². The molecule has 0 amide bonds. The molecule has 6 aromatic rings. The number of benzene rings is 6. The number of unbranched alkanes of at least 4 members (excludes halogenated alkanes) is 6. The van der Waals surface area contributed by atoms with Crippen molar-refractivity contribution in [2.45, 2.75) is 271 Å². The highest BCUT2D eigenvalue weighted by atomic mass is 16.5. The molecule has 21 aliphatic carbocycles. The first kappa shape index (κ1) is 82.6. The highest BCUT2D eigenvalue weighted by molar-refractivity contribution is 5.53. The summed E-state index contributed by atoms with van der Waals surface area (Å²) in [6, 6.07) is 26.9. The maximum Gasteiger partial charge on any atom is 0.122 e. The third-order valence-corrected chi connectivity index (χ3v) is 23.6. The molecule has 0 saturated carbocycles. The molecule has 0 unspecified atom stereocenters. The summed E-state index contributed by atoms with van der Waals surface area (Å²) < 4.78 is 75.1. The summed E-state index contributed by atoms with van der Waals surface area (Å²) in [5.41, 5.74) is 14.3. The van der Waals surface area contributed by atoms with Crippen LogP contribution in [0.2, 0.25) is 0 Å². The minimum absolute atomic E-state index is 0.186. The second-order valence-corrected chi connectivity index (χ2v) is 30.2. The van der Waals surface area contributed by atoms with Crippen molar-refractivity contribution in [2.24, 2.45) is 10.8 Å². The van der Waals surface area contributed by atoms with Crippen molar-refractivity contribution in [1.29, 1.82) is 0 Å². The SMILES string of the molecule is CCCCCCC12CCCCc3cc(OC)c(cc3OC)CCc3cc(OC)c(cc3OC)CCCCC(CCCCCC)(CCCCc3cc(OC)c(cc3OC)CCc3cc(OC)c(cc3OC)CCCC1)CCCCc1cc(OC)c(cc1OC)CCc1cc(OC)c(cc1OC)CCCC2. The van der Waals surface area contributed by atoms with Gasteiger partial charge in [0.05, 0.1) is 85.3 Å². The molecule has 574 valence electrons. The second-order valence-electron chi connectivity index (χ2n) is 30.2. The second kappa shape index (κ2) is 43.5. The Balaban J connectivity index is 1.22. The van der Waals surface area contributed by atoms with Gasteiger partial charge < -0.3 is 56.8 Å². The van der Waals surface area contributed by atoms with E-state index in [0.29, 0.717) is 0 Å². The Morgan fingerprint density at radius 2 is 0.337 bits per heavy atom. The number of aryl methyl sites for hydroxylation is 12. The summed E-state index contributed by atoms with van der Waals surface area (Å²) in [4.78, 5) is 0. The Morgan fingerprint density at radius 1 is 0.192 bits per heavy atom. The number of rotatable bonds is 22. The van der Waals surface area contributed by atoms with Crippen LogP contribution in [0.15, 0.2) is 72.8 Å². The molecule has 0 N–H and O–H groups in total. The van der Waals surface area contributed by atoms with Gasteiger partial charge in [0.1, 0.15) is 69.0 Å². The lowest BCUT2D eigenvalue weighted by Gasteiger charge is -2.35. The molecule has 0 fully saturated rings. The van der Waals surface area contributed by atoms with Crippen molar-refractivity contribution in [3.05, 3.63) is 140 Å². The fourth-order valence-electron chi connectivity index (χ4n) is 17.5. The molecule has 0 spiro atoms. The van der Waals surface area contributed by atoms with Gasteiger partial charge in [-0.25, -0.2) is 0 Å². The fourth-order valence-corrected chi connectivity index (χ4v) is 17.5. The van der Waals surface area contributed by atoms with Gasteiger partial charge >= 0.3 is 0 Å². The summed E-state index contributed by atoms with van der Waals surface area (Å²) in [7, 11) is 21.8. The van der Waals surface area contributed by atoms with Crippen molar-refractivity contribution in [3.8, 4) is 69.0 Å². The maximum absolute atomic E-state index is 6.27. The van der Waals surface area contributed by atoms with Crippen LogP contribution in [-0.4, -0.2) is 85.3 Å². The first-order chi connectivity index (χ1) is 50.8. The van der Waals surface area contributed by atoms with E-state index in [1.807, 2.05) is 85.3 Å². The summed E-state index contributed by atoms with van der Waals surface area (Å²) in [6.45, 7) is 4.65. The molecule has 27 rings (SSSR count). The van der Waals surface area contributed by atoms with Crippen molar-refractivity contribution in [1.82, 2.24) is 0 Å². The summed E-state index contributed by atoms with van der Waals surface area (Å²) in [5.74, 6) is 11.0. The van der Waals surface area contributed by atoms with Crippen LogP contribution in [0.1, 0.15) is 260 Å². The van der Waals surface area contributed by atoms with Gasteiger partial charge in [0.2, 0.25) is 0 Å². The molecule has 21 aliphatic rings. The maximum atomic E-state index is 6.27. The van der Waals surface area contributed by atoms with E-state index in [-0.39, 0.29) is 10.8 Å². The Morgan fingerprint density at radius 3 is 0.471 bits per heavy atom. The van der Waals surface area contributed by atoms with E-state index in [1.165, 1.54) is 136 Å². The number of methoxy groups -OCH3 is 12. The van der Waals surface area contributed by atoms with Gasteiger partial charge in [-0.05, 0) is 317 Å².